The number of amides is 1. The van der Waals surface area contributed by atoms with Gasteiger partial charge in [-0.3, -0.25) is 10.1 Å². The van der Waals surface area contributed by atoms with E-state index in [0.717, 1.165) is 4.47 Å². The van der Waals surface area contributed by atoms with Gasteiger partial charge >= 0.3 is 0 Å². The first-order valence-electron chi connectivity index (χ1n) is 4.43. The molecule has 8 heteroatoms. The lowest BCUT2D eigenvalue weighted by Crippen LogP contribution is -2.16. The smallest absolute Gasteiger partial charge is 0.274 e. The second kappa shape index (κ2) is 4.05. The second-order valence-corrected chi connectivity index (χ2v) is 4.13. The Morgan fingerprint density at radius 2 is 2.25 bits per heavy atom. The SMILES string of the molecule is Cn1nnc(NC(=O)c2cc(Br)cn2C)n1. The van der Waals surface area contributed by atoms with Crippen molar-refractivity contribution < 1.29 is 4.79 Å². The summed E-state index contributed by atoms with van der Waals surface area (Å²) in [7, 11) is 3.41. The third-order valence-corrected chi connectivity index (χ3v) is 2.37. The Kier molecular flexibility index (Phi) is 2.73. The second-order valence-electron chi connectivity index (χ2n) is 3.21. The molecule has 0 unspecified atom stereocenters. The number of rotatable bonds is 2. The molecule has 0 aliphatic heterocycles. The molecule has 0 aliphatic carbocycles. The molecule has 2 rings (SSSR count). The summed E-state index contributed by atoms with van der Waals surface area (Å²) < 4.78 is 2.54. The van der Waals surface area contributed by atoms with E-state index in [1.165, 1.54) is 4.80 Å². The fourth-order valence-electron chi connectivity index (χ4n) is 1.25. The van der Waals surface area contributed by atoms with Gasteiger partial charge in [-0.2, -0.15) is 4.80 Å². The first kappa shape index (κ1) is 10.8. The van der Waals surface area contributed by atoms with E-state index in [2.05, 4.69) is 36.7 Å². The molecule has 0 saturated carbocycles. The summed E-state index contributed by atoms with van der Waals surface area (Å²) in [6, 6.07) is 1.71. The Labute approximate surface area is 99.6 Å². The topological polar surface area (TPSA) is 77.6 Å². The lowest BCUT2D eigenvalue weighted by Gasteiger charge is -2.00. The van der Waals surface area contributed by atoms with E-state index >= 15 is 0 Å². The van der Waals surface area contributed by atoms with Crippen molar-refractivity contribution in [2.24, 2.45) is 14.1 Å². The average molecular weight is 285 g/mol. The predicted molar refractivity (Wildman–Crippen MR) is 59.9 cm³/mol. The van der Waals surface area contributed by atoms with Gasteiger partial charge in [0, 0.05) is 17.7 Å². The minimum atomic E-state index is -0.277. The quantitative estimate of drug-likeness (QED) is 0.874. The van der Waals surface area contributed by atoms with Crippen molar-refractivity contribution >= 4 is 27.8 Å². The maximum absolute atomic E-state index is 11.8. The lowest BCUT2D eigenvalue weighted by molar-refractivity contribution is 0.101. The number of aromatic nitrogens is 5. The van der Waals surface area contributed by atoms with Crippen LogP contribution in [-0.2, 0) is 14.1 Å². The summed E-state index contributed by atoms with van der Waals surface area (Å²) in [4.78, 5) is 13.1. The molecule has 2 aromatic rings. The molecule has 2 heterocycles. The zero-order valence-electron chi connectivity index (χ0n) is 8.68. The molecule has 0 bridgehead atoms. The number of carbonyl (C=O) groups is 1. The molecule has 0 radical (unpaired) electrons. The zero-order chi connectivity index (χ0) is 11.7. The minimum Gasteiger partial charge on any atom is -0.345 e. The lowest BCUT2D eigenvalue weighted by atomic mass is 10.4. The Bertz CT molecular complexity index is 530. The van der Waals surface area contributed by atoms with E-state index in [0.29, 0.717) is 5.69 Å². The van der Waals surface area contributed by atoms with Gasteiger partial charge in [-0.1, -0.05) is 5.10 Å². The summed E-state index contributed by atoms with van der Waals surface area (Å²) >= 11 is 3.29. The molecule has 0 aromatic carbocycles. The molecule has 2 aromatic heterocycles. The zero-order valence-corrected chi connectivity index (χ0v) is 10.3. The van der Waals surface area contributed by atoms with Crippen LogP contribution in [0.2, 0.25) is 0 Å². The molecule has 1 N–H and O–H groups in total. The van der Waals surface area contributed by atoms with Gasteiger partial charge in [0.2, 0.25) is 0 Å². The number of halogens is 1. The molecule has 0 fully saturated rings. The van der Waals surface area contributed by atoms with Gasteiger partial charge in [0.05, 0.1) is 7.05 Å². The molecule has 0 saturated heterocycles. The van der Waals surface area contributed by atoms with Crippen LogP contribution in [-0.4, -0.2) is 30.7 Å². The van der Waals surface area contributed by atoms with Crippen molar-refractivity contribution in [1.82, 2.24) is 24.8 Å². The van der Waals surface area contributed by atoms with E-state index in [4.69, 9.17) is 0 Å². The monoisotopic (exact) mass is 284 g/mol. The van der Waals surface area contributed by atoms with Gasteiger partial charge in [-0.05, 0) is 27.2 Å². The molecule has 0 spiro atoms. The van der Waals surface area contributed by atoms with Crippen LogP contribution in [0.25, 0.3) is 0 Å². The van der Waals surface area contributed by atoms with E-state index in [9.17, 15) is 4.79 Å². The van der Waals surface area contributed by atoms with Crippen molar-refractivity contribution in [3.8, 4) is 0 Å². The van der Waals surface area contributed by atoms with Crippen LogP contribution in [0.5, 0.6) is 0 Å². The number of hydrogen-bond donors (Lipinski definition) is 1. The van der Waals surface area contributed by atoms with E-state index in [1.54, 1.807) is 30.9 Å². The van der Waals surface area contributed by atoms with Gasteiger partial charge in [0.15, 0.2) is 0 Å². The first-order valence-corrected chi connectivity index (χ1v) is 5.23. The maximum Gasteiger partial charge on any atom is 0.274 e. The van der Waals surface area contributed by atoms with Gasteiger partial charge in [-0.25, -0.2) is 0 Å². The first-order chi connectivity index (χ1) is 7.56. The molecular weight excluding hydrogens is 276 g/mol. The van der Waals surface area contributed by atoms with E-state index in [-0.39, 0.29) is 11.9 Å². The summed E-state index contributed by atoms with van der Waals surface area (Å²) in [5.41, 5.74) is 0.513. The van der Waals surface area contributed by atoms with Crippen LogP contribution in [0.3, 0.4) is 0 Å². The van der Waals surface area contributed by atoms with Crippen LogP contribution >= 0.6 is 15.9 Å². The van der Waals surface area contributed by atoms with Gasteiger partial charge < -0.3 is 4.57 Å². The van der Waals surface area contributed by atoms with Crippen molar-refractivity contribution in [1.29, 1.82) is 0 Å². The number of aryl methyl sites for hydroxylation is 2. The summed E-state index contributed by atoms with van der Waals surface area (Å²) in [6.45, 7) is 0. The van der Waals surface area contributed by atoms with Crippen molar-refractivity contribution in [2.45, 2.75) is 0 Å². The number of hydrogen-bond acceptors (Lipinski definition) is 4. The van der Waals surface area contributed by atoms with E-state index < -0.39 is 0 Å². The average Bonchev–Trinajstić information content (AvgIpc) is 2.73. The van der Waals surface area contributed by atoms with Crippen LogP contribution in [0.15, 0.2) is 16.7 Å². The molecule has 1 amide bonds. The predicted octanol–water partition coefficient (Wildman–Crippen LogP) is 0.563. The maximum atomic E-state index is 11.8. The molecule has 0 aliphatic rings. The Balaban J connectivity index is 2.17. The number of nitrogens with one attached hydrogen (secondary N) is 1. The molecular formula is C8H9BrN6O. The van der Waals surface area contributed by atoms with Crippen molar-refractivity contribution in [2.75, 3.05) is 5.32 Å². The van der Waals surface area contributed by atoms with Gasteiger partial charge in [-0.15, -0.1) is 5.10 Å². The number of carbonyl (C=O) groups excluding carboxylic acids is 1. The van der Waals surface area contributed by atoms with Crippen LogP contribution in [0.4, 0.5) is 5.95 Å². The fourth-order valence-corrected chi connectivity index (χ4v) is 1.77. The molecule has 84 valence electrons. The Morgan fingerprint density at radius 3 is 2.75 bits per heavy atom. The summed E-state index contributed by atoms with van der Waals surface area (Å²) in [6.07, 6.45) is 1.79. The fraction of sp³-hybridized carbons (Fsp3) is 0.250. The van der Waals surface area contributed by atoms with E-state index in [1.807, 2.05) is 0 Å². The Morgan fingerprint density at radius 1 is 1.50 bits per heavy atom. The van der Waals surface area contributed by atoms with Crippen molar-refractivity contribution in [3.05, 3.63) is 22.4 Å². The van der Waals surface area contributed by atoms with Gasteiger partial charge in [0.1, 0.15) is 5.69 Å². The number of tetrazole rings is 1. The minimum absolute atomic E-state index is 0.185. The molecule has 16 heavy (non-hydrogen) atoms. The largest absolute Gasteiger partial charge is 0.345 e. The van der Waals surface area contributed by atoms with Crippen LogP contribution in [0.1, 0.15) is 10.5 Å². The highest BCUT2D eigenvalue weighted by Gasteiger charge is 2.13. The summed E-state index contributed by atoms with van der Waals surface area (Å²) in [5, 5.41) is 13.7. The number of nitrogens with zero attached hydrogens (tertiary/aromatic N) is 5. The highest BCUT2D eigenvalue weighted by Crippen LogP contribution is 2.14. The third kappa shape index (κ3) is 2.11. The van der Waals surface area contributed by atoms with Gasteiger partial charge in [0.25, 0.3) is 11.9 Å². The highest BCUT2D eigenvalue weighted by atomic mass is 79.9. The molecule has 7 nitrogen and oxygen atoms in total. The highest BCUT2D eigenvalue weighted by molar-refractivity contribution is 9.10. The number of anilines is 1. The normalized spacial score (nSPS) is 10.4. The standard InChI is InChI=1S/C8H9BrN6O/c1-14-4-5(9)3-6(14)7(16)10-8-11-13-15(2)12-8/h3-4H,1-2H3,(H,10,12,16). The molecule has 0 atom stereocenters. The van der Waals surface area contributed by atoms with Crippen molar-refractivity contribution in [3.63, 3.8) is 0 Å². The Hall–Kier alpha value is -1.70. The third-order valence-electron chi connectivity index (χ3n) is 1.94. The van der Waals surface area contributed by atoms with Crippen LogP contribution in [0, 0.1) is 0 Å². The van der Waals surface area contributed by atoms with Crippen LogP contribution < -0.4 is 5.32 Å². The summed E-state index contributed by atoms with van der Waals surface area (Å²) in [5.74, 6) is -0.0916.